The van der Waals surface area contributed by atoms with Gasteiger partial charge < -0.3 is 14.6 Å². The highest BCUT2D eigenvalue weighted by Crippen LogP contribution is 2.27. The smallest absolute Gasteiger partial charge is 0.316 e. The van der Waals surface area contributed by atoms with Crippen molar-refractivity contribution < 1.29 is 4.74 Å². The van der Waals surface area contributed by atoms with E-state index < -0.39 is 5.56 Å². The van der Waals surface area contributed by atoms with E-state index in [1.54, 1.807) is 23.0 Å². The van der Waals surface area contributed by atoms with Gasteiger partial charge in [0.1, 0.15) is 5.52 Å². The Bertz CT molecular complexity index is 1110. The zero-order valence-electron chi connectivity index (χ0n) is 14.0. The summed E-state index contributed by atoms with van der Waals surface area (Å²) in [5, 5.41) is 3.25. The van der Waals surface area contributed by atoms with Crippen LogP contribution in [0.4, 0.5) is 11.6 Å². The van der Waals surface area contributed by atoms with Crippen molar-refractivity contribution in [2.45, 2.75) is 6.54 Å². The van der Waals surface area contributed by atoms with Gasteiger partial charge >= 0.3 is 5.56 Å². The van der Waals surface area contributed by atoms with E-state index in [1.807, 2.05) is 53.1 Å². The molecule has 2 aromatic carbocycles. The molecule has 0 unspecified atom stereocenters. The number of ether oxygens (including phenoxy) is 1. The topological polar surface area (TPSA) is 69.0 Å². The number of fused-ring (bicyclic) bond motifs is 1. The first-order chi connectivity index (χ1) is 12.7. The van der Waals surface area contributed by atoms with Gasteiger partial charge in [-0.25, -0.2) is 4.98 Å². The van der Waals surface area contributed by atoms with Gasteiger partial charge in [-0.05, 0) is 17.7 Å². The molecule has 7 heteroatoms. The van der Waals surface area contributed by atoms with Gasteiger partial charge in [0.25, 0.3) is 0 Å². The van der Waals surface area contributed by atoms with E-state index in [4.69, 9.17) is 4.74 Å². The number of para-hydroxylation sites is 1. The number of hydrogen-bond acceptors (Lipinski definition) is 6. The molecule has 0 aliphatic heterocycles. The van der Waals surface area contributed by atoms with E-state index in [0.29, 0.717) is 12.5 Å². The fourth-order valence-corrected chi connectivity index (χ4v) is 3.42. The first-order valence-electron chi connectivity index (χ1n) is 8.03. The van der Waals surface area contributed by atoms with Crippen molar-refractivity contribution in [3.63, 3.8) is 0 Å². The lowest BCUT2D eigenvalue weighted by Crippen LogP contribution is -2.18. The van der Waals surface area contributed by atoms with Crippen LogP contribution in [0.25, 0.3) is 10.2 Å². The van der Waals surface area contributed by atoms with Gasteiger partial charge in [-0.1, -0.05) is 36.4 Å². The highest BCUT2D eigenvalue weighted by atomic mass is 32.1. The second-order valence-corrected chi connectivity index (χ2v) is 6.57. The highest BCUT2D eigenvalue weighted by molar-refractivity contribution is 7.16. The molecule has 26 heavy (non-hydrogen) atoms. The van der Waals surface area contributed by atoms with E-state index in [0.717, 1.165) is 21.5 Å². The van der Waals surface area contributed by atoms with Crippen LogP contribution in [0.3, 0.4) is 0 Å². The van der Waals surface area contributed by atoms with Gasteiger partial charge in [0.15, 0.2) is 0 Å². The molecule has 0 fully saturated rings. The van der Waals surface area contributed by atoms with Crippen LogP contribution in [0.5, 0.6) is 5.75 Å². The maximum absolute atomic E-state index is 12.2. The molecular formula is C19H16N4O2S. The minimum Gasteiger partial charge on any atom is -0.490 e. The monoisotopic (exact) mass is 364 g/mol. The van der Waals surface area contributed by atoms with E-state index >= 15 is 0 Å². The van der Waals surface area contributed by atoms with Crippen LogP contribution in [0.2, 0.25) is 0 Å². The number of anilines is 2. The summed E-state index contributed by atoms with van der Waals surface area (Å²) in [7, 11) is 1.47. The quantitative estimate of drug-likeness (QED) is 0.585. The standard InChI is InChI=1S/C19H16N4O2S/c1-25-15-11-23(10-13-6-3-2-4-7-13)19(22-18(15)24)21-14-8-5-9-16-17(14)20-12-26-16/h2-9,11-12H,10H2,1H3,(H,21,22,24). The van der Waals surface area contributed by atoms with Crippen LogP contribution in [-0.2, 0) is 6.54 Å². The van der Waals surface area contributed by atoms with E-state index in [9.17, 15) is 4.79 Å². The molecule has 0 saturated heterocycles. The van der Waals surface area contributed by atoms with Crippen LogP contribution in [0.15, 0.2) is 65.0 Å². The first kappa shape index (κ1) is 16.3. The summed E-state index contributed by atoms with van der Waals surface area (Å²) in [4.78, 5) is 20.8. The maximum Gasteiger partial charge on any atom is 0.316 e. The number of thiazole rings is 1. The number of nitrogens with zero attached hydrogens (tertiary/aromatic N) is 3. The molecule has 0 aliphatic carbocycles. The fourth-order valence-electron chi connectivity index (χ4n) is 2.72. The summed E-state index contributed by atoms with van der Waals surface area (Å²) >= 11 is 1.57. The summed E-state index contributed by atoms with van der Waals surface area (Å²) in [6.45, 7) is 0.555. The van der Waals surface area contributed by atoms with E-state index in [2.05, 4.69) is 15.3 Å². The van der Waals surface area contributed by atoms with E-state index in [-0.39, 0.29) is 5.75 Å². The highest BCUT2D eigenvalue weighted by Gasteiger charge is 2.12. The Kier molecular flexibility index (Phi) is 4.37. The molecule has 0 aliphatic rings. The molecular weight excluding hydrogens is 348 g/mol. The Morgan fingerprint density at radius 1 is 1.15 bits per heavy atom. The van der Waals surface area contributed by atoms with Crippen molar-refractivity contribution in [3.05, 3.63) is 76.2 Å². The van der Waals surface area contributed by atoms with Gasteiger partial charge in [-0.2, -0.15) is 4.98 Å². The van der Waals surface area contributed by atoms with Crippen LogP contribution in [0.1, 0.15) is 5.56 Å². The molecule has 6 nitrogen and oxygen atoms in total. The summed E-state index contributed by atoms with van der Waals surface area (Å²) < 4.78 is 8.08. The Morgan fingerprint density at radius 2 is 2.00 bits per heavy atom. The van der Waals surface area contributed by atoms with Crippen molar-refractivity contribution in [1.29, 1.82) is 0 Å². The third-order valence-electron chi connectivity index (χ3n) is 3.99. The number of nitrogens with one attached hydrogen (secondary N) is 1. The normalized spacial score (nSPS) is 10.8. The largest absolute Gasteiger partial charge is 0.490 e. The van der Waals surface area contributed by atoms with Crippen molar-refractivity contribution >= 4 is 33.2 Å². The number of aromatic nitrogens is 3. The Labute approximate surface area is 153 Å². The molecule has 4 rings (SSSR count). The van der Waals surface area contributed by atoms with E-state index in [1.165, 1.54) is 7.11 Å². The van der Waals surface area contributed by atoms with Crippen molar-refractivity contribution in [3.8, 4) is 5.75 Å². The Morgan fingerprint density at radius 3 is 2.81 bits per heavy atom. The van der Waals surface area contributed by atoms with Crippen molar-refractivity contribution in [1.82, 2.24) is 14.5 Å². The molecule has 2 heterocycles. The summed E-state index contributed by atoms with van der Waals surface area (Å²) in [5.74, 6) is 0.651. The van der Waals surface area contributed by atoms with Crippen LogP contribution in [0, 0.1) is 0 Å². The zero-order valence-corrected chi connectivity index (χ0v) is 14.9. The second-order valence-electron chi connectivity index (χ2n) is 5.68. The second kappa shape index (κ2) is 6.97. The lowest BCUT2D eigenvalue weighted by molar-refractivity contribution is 0.402. The number of rotatable bonds is 5. The third kappa shape index (κ3) is 3.16. The van der Waals surface area contributed by atoms with Crippen LogP contribution in [-0.4, -0.2) is 21.6 Å². The molecule has 0 atom stereocenters. The van der Waals surface area contributed by atoms with Gasteiger partial charge in [0.2, 0.25) is 11.7 Å². The molecule has 2 aromatic heterocycles. The molecule has 4 aromatic rings. The average Bonchev–Trinajstić information content (AvgIpc) is 3.14. The lowest BCUT2D eigenvalue weighted by Gasteiger charge is -2.15. The molecule has 0 radical (unpaired) electrons. The maximum atomic E-state index is 12.2. The third-order valence-corrected chi connectivity index (χ3v) is 4.78. The SMILES string of the molecule is COc1cn(Cc2ccccc2)c(Nc2cccc3scnc23)nc1=O. The molecule has 0 bridgehead atoms. The van der Waals surface area contributed by atoms with Gasteiger partial charge in [0, 0.05) is 0 Å². The van der Waals surface area contributed by atoms with Crippen LogP contribution >= 0.6 is 11.3 Å². The Hall–Kier alpha value is -3.19. The van der Waals surface area contributed by atoms with Crippen molar-refractivity contribution in [2.24, 2.45) is 0 Å². The first-order valence-corrected chi connectivity index (χ1v) is 8.91. The number of hydrogen-bond donors (Lipinski definition) is 1. The van der Waals surface area contributed by atoms with Gasteiger partial charge in [-0.15, -0.1) is 11.3 Å². The molecule has 0 amide bonds. The molecule has 0 saturated carbocycles. The van der Waals surface area contributed by atoms with Crippen LogP contribution < -0.4 is 15.6 Å². The molecule has 130 valence electrons. The Balaban J connectivity index is 1.78. The summed E-state index contributed by atoms with van der Waals surface area (Å²) in [6.07, 6.45) is 1.67. The minimum atomic E-state index is -0.412. The summed E-state index contributed by atoms with van der Waals surface area (Å²) in [5.41, 5.74) is 4.14. The zero-order chi connectivity index (χ0) is 17.9. The predicted octanol–water partition coefficient (Wildman–Crippen LogP) is 3.65. The lowest BCUT2D eigenvalue weighted by atomic mass is 10.2. The fraction of sp³-hybridized carbons (Fsp3) is 0.105. The van der Waals surface area contributed by atoms with Gasteiger partial charge in [0.05, 0.1) is 35.7 Å². The summed E-state index contributed by atoms with van der Waals surface area (Å²) in [6, 6.07) is 15.9. The molecule has 0 spiro atoms. The average molecular weight is 364 g/mol. The molecule has 1 N–H and O–H groups in total. The number of benzene rings is 2. The predicted molar refractivity (Wildman–Crippen MR) is 103 cm³/mol. The van der Waals surface area contributed by atoms with Gasteiger partial charge in [-0.3, -0.25) is 4.79 Å². The number of methoxy groups -OCH3 is 1. The minimum absolute atomic E-state index is 0.207. The van der Waals surface area contributed by atoms with Crippen molar-refractivity contribution in [2.75, 3.05) is 12.4 Å².